The number of benzene rings is 2. The Morgan fingerprint density at radius 3 is 2.45 bits per heavy atom. The van der Waals surface area contributed by atoms with Crippen molar-refractivity contribution < 1.29 is 23.4 Å². The van der Waals surface area contributed by atoms with Gasteiger partial charge in [-0.3, -0.25) is 18.8 Å². The number of ether oxygens (including phenoxy) is 2. The Hall–Kier alpha value is -2.26. The molecule has 1 atom stereocenters. The van der Waals surface area contributed by atoms with Crippen molar-refractivity contribution in [3.63, 3.8) is 0 Å². The van der Waals surface area contributed by atoms with Gasteiger partial charge in [0.05, 0.1) is 17.6 Å². The lowest BCUT2D eigenvalue weighted by molar-refractivity contribution is 0.0860. The van der Waals surface area contributed by atoms with Gasteiger partial charge in [0.25, 0.3) is 5.91 Å². The van der Waals surface area contributed by atoms with Crippen LogP contribution in [0, 0.1) is 0 Å². The van der Waals surface area contributed by atoms with E-state index in [0.717, 1.165) is 56.8 Å². The van der Waals surface area contributed by atoms with Gasteiger partial charge >= 0.3 is 0 Å². The van der Waals surface area contributed by atoms with Gasteiger partial charge < -0.3 is 9.47 Å². The predicted octanol–water partition coefficient (Wildman–Crippen LogP) is 4.50. The molecule has 0 radical (unpaired) electrons. The van der Waals surface area contributed by atoms with E-state index in [0.29, 0.717) is 17.0 Å². The van der Waals surface area contributed by atoms with Crippen LogP contribution < -0.4 is 9.47 Å². The predicted molar refractivity (Wildman–Crippen MR) is 121 cm³/mol. The second kappa shape index (κ2) is 9.48. The Bertz CT molecular complexity index is 905. The Morgan fingerprint density at radius 2 is 1.71 bits per heavy atom. The summed E-state index contributed by atoms with van der Waals surface area (Å²) in [6, 6.07) is 14.4. The topological polar surface area (TPSA) is 82.5 Å². The Labute approximate surface area is 185 Å². The van der Waals surface area contributed by atoms with Crippen LogP contribution in [0.2, 0.25) is 0 Å². The molecule has 2 heterocycles. The lowest BCUT2D eigenvalue weighted by Crippen LogP contribution is -2.29. The number of likely N-dealkylation sites (tertiary alicyclic amines) is 1. The fraction of sp³-hybridized carbons (Fsp3) is 0.435. The number of carbonyl (C=O) groups is 1. The molecular formula is C23H30N2O5S. The van der Waals surface area contributed by atoms with E-state index in [-0.39, 0.29) is 12.0 Å². The van der Waals surface area contributed by atoms with Crippen molar-refractivity contribution in [2.24, 2.45) is 0 Å². The van der Waals surface area contributed by atoms with E-state index in [1.807, 2.05) is 24.3 Å². The van der Waals surface area contributed by atoms with Crippen LogP contribution in [-0.4, -0.2) is 63.6 Å². The molecule has 2 N–H and O–H groups in total. The molecule has 0 aliphatic carbocycles. The van der Waals surface area contributed by atoms with E-state index in [2.05, 4.69) is 4.90 Å². The van der Waals surface area contributed by atoms with Crippen molar-refractivity contribution >= 4 is 16.7 Å². The molecule has 1 amide bonds. The monoisotopic (exact) mass is 446 g/mol. The number of carbonyl (C=O) groups excluding carboxylic acids is 1. The van der Waals surface area contributed by atoms with Gasteiger partial charge in [0.1, 0.15) is 17.6 Å². The third-order valence-corrected chi connectivity index (χ3v) is 7.78. The van der Waals surface area contributed by atoms with E-state index in [9.17, 15) is 13.9 Å². The number of methoxy groups -OCH3 is 1. The van der Waals surface area contributed by atoms with Gasteiger partial charge in [0.15, 0.2) is 0 Å². The molecule has 1 saturated heterocycles. The Balaban J connectivity index is 1.16. The molecule has 2 aromatic rings. The fourth-order valence-electron chi connectivity index (χ4n) is 4.19. The van der Waals surface area contributed by atoms with Gasteiger partial charge in [0, 0.05) is 19.6 Å². The van der Waals surface area contributed by atoms with Crippen LogP contribution in [0.15, 0.2) is 53.4 Å². The van der Waals surface area contributed by atoms with Crippen molar-refractivity contribution in [1.82, 2.24) is 9.21 Å². The highest BCUT2D eigenvalue weighted by atomic mass is 32.3. The maximum Gasteiger partial charge on any atom is 0.274 e. The normalized spacial score (nSPS) is 21.2. The van der Waals surface area contributed by atoms with Crippen LogP contribution in [0.1, 0.15) is 36.0 Å². The second-order valence-corrected chi connectivity index (χ2v) is 9.91. The standard InChI is InChI=1S/C23H30N2O5S/c1-29-18-9-11-19(12-10-18)30-20-13-16-24(17-20)14-5-2-6-15-25-23(26)21-7-3-4-8-22(21)31(25,27)28/h3-4,7-12,20,27-28H,2,5-6,13-17H2,1H3. The van der Waals surface area contributed by atoms with Gasteiger partial charge in [0.2, 0.25) is 0 Å². The Morgan fingerprint density at radius 1 is 1.00 bits per heavy atom. The minimum absolute atomic E-state index is 0.196. The molecule has 2 aliphatic heterocycles. The second-order valence-electron chi connectivity index (χ2n) is 7.99. The number of nitrogens with zero attached hydrogens (tertiary/aromatic N) is 2. The summed E-state index contributed by atoms with van der Waals surface area (Å²) in [5.41, 5.74) is 0.405. The van der Waals surface area contributed by atoms with Gasteiger partial charge in [-0.1, -0.05) is 29.3 Å². The average Bonchev–Trinajstić information content (AvgIpc) is 3.30. The summed E-state index contributed by atoms with van der Waals surface area (Å²) in [4.78, 5) is 15.3. The zero-order valence-corrected chi connectivity index (χ0v) is 18.6. The molecule has 4 rings (SSSR count). The van der Waals surface area contributed by atoms with Gasteiger partial charge in [-0.05, 0) is 62.2 Å². The van der Waals surface area contributed by atoms with Crippen LogP contribution in [0.5, 0.6) is 11.5 Å². The first-order chi connectivity index (χ1) is 15.0. The van der Waals surface area contributed by atoms with Crippen LogP contribution >= 0.6 is 10.8 Å². The lowest BCUT2D eigenvalue weighted by atomic mass is 10.2. The molecule has 1 unspecified atom stereocenters. The first-order valence-electron chi connectivity index (χ1n) is 10.7. The summed E-state index contributed by atoms with van der Waals surface area (Å²) < 4.78 is 33.5. The SMILES string of the molecule is COc1ccc(OC2CCN(CCCCCN3C(=O)c4ccccc4S3(O)O)C2)cc1. The van der Waals surface area contributed by atoms with Crippen molar-refractivity contribution in [3.05, 3.63) is 54.1 Å². The third-order valence-electron chi connectivity index (χ3n) is 5.87. The number of amides is 1. The van der Waals surface area contributed by atoms with Crippen molar-refractivity contribution in [1.29, 1.82) is 0 Å². The molecule has 1 fully saturated rings. The first-order valence-corrected chi connectivity index (χ1v) is 12.2. The maximum atomic E-state index is 12.5. The van der Waals surface area contributed by atoms with E-state index in [1.54, 1.807) is 31.4 Å². The minimum atomic E-state index is -3.19. The molecule has 168 valence electrons. The summed E-state index contributed by atoms with van der Waals surface area (Å²) in [6.07, 6.45) is 3.88. The largest absolute Gasteiger partial charge is 0.497 e. The highest BCUT2D eigenvalue weighted by molar-refractivity contribution is 8.23. The third kappa shape index (κ3) is 4.82. The number of fused-ring (bicyclic) bond motifs is 1. The van der Waals surface area contributed by atoms with Crippen molar-refractivity contribution in [3.8, 4) is 11.5 Å². The molecule has 7 nitrogen and oxygen atoms in total. The molecule has 0 aromatic heterocycles. The van der Waals surface area contributed by atoms with Gasteiger partial charge in [-0.15, -0.1) is 0 Å². The fourth-order valence-corrected chi connectivity index (χ4v) is 5.85. The molecule has 0 spiro atoms. The van der Waals surface area contributed by atoms with Crippen LogP contribution in [0.4, 0.5) is 0 Å². The molecule has 2 aliphatic rings. The van der Waals surface area contributed by atoms with E-state index >= 15 is 0 Å². The Kier molecular flexibility index (Phi) is 6.71. The van der Waals surface area contributed by atoms with Crippen LogP contribution in [-0.2, 0) is 0 Å². The molecule has 8 heteroatoms. The summed E-state index contributed by atoms with van der Waals surface area (Å²) >= 11 is 0. The van der Waals surface area contributed by atoms with E-state index < -0.39 is 10.8 Å². The summed E-state index contributed by atoms with van der Waals surface area (Å²) in [7, 11) is -1.54. The number of hydrogen-bond donors (Lipinski definition) is 2. The first kappa shape index (κ1) is 22.0. The quantitative estimate of drug-likeness (QED) is 0.552. The zero-order valence-electron chi connectivity index (χ0n) is 17.8. The molecule has 31 heavy (non-hydrogen) atoms. The smallest absolute Gasteiger partial charge is 0.274 e. The van der Waals surface area contributed by atoms with Crippen LogP contribution in [0.3, 0.4) is 0 Å². The summed E-state index contributed by atoms with van der Waals surface area (Å²) in [5.74, 6) is 1.40. The molecule has 2 aromatic carbocycles. The van der Waals surface area contributed by atoms with Crippen LogP contribution in [0.25, 0.3) is 0 Å². The van der Waals surface area contributed by atoms with E-state index in [4.69, 9.17) is 9.47 Å². The maximum absolute atomic E-state index is 12.5. The zero-order chi connectivity index (χ0) is 21.8. The minimum Gasteiger partial charge on any atom is -0.497 e. The summed E-state index contributed by atoms with van der Waals surface area (Å²) in [6.45, 7) is 3.26. The van der Waals surface area contributed by atoms with E-state index in [1.165, 1.54) is 4.31 Å². The number of rotatable bonds is 9. The molecular weight excluding hydrogens is 416 g/mol. The molecule has 0 saturated carbocycles. The van der Waals surface area contributed by atoms with Gasteiger partial charge in [-0.2, -0.15) is 0 Å². The number of unbranched alkanes of at least 4 members (excludes halogenated alkanes) is 2. The summed E-state index contributed by atoms with van der Waals surface area (Å²) in [5, 5.41) is 0. The van der Waals surface area contributed by atoms with Gasteiger partial charge in [-0.25, -0.2) is 4.31 Å². The number of hydrogen-bond acceptors (Lipinski definition) is 6. The van der Waals surface area contributed by atoms with Crippen molar-refractivity contribution in [2.45, 2.75) is 36.7 Å². The highest BCUT2D eigenvalue weighted by Gasteiger charge is 2.40. The average molecular weight is 447 g/mol. The molecule has 0 bridgehead atoms. The highest BCUT2D eigenvalue weighted by Crippen LogP contribution is 2.58. The lowest BCUT2D eigenvalue weighted by Gasteiger charge is -2.36. The van der Waals surface area contributed by atoms with Crippen molar-refractivity contribution in [2.75, 3.05) is 33.3 Å².